The number of hydrogen-bond donors (Lipinski definition) is 0. The van der Waals surface area contributed by atoms with Crippen LogP contribution in [0.4, 0.5) is 33.0 Å². The molecule has 2 aromatic heterocycles. The molecular weight excluding hydrogens is 577 g/mol. The summed E-state index contributed by atoms with van der Waals surface area (Å²) < 4.78 is 2.30. The Kier molecular flexibility index (Phi) is 6.83. The summed E-state index contributed by atoms with van der Waals surface area (Å²) in [6, 6.07) is 54.8. The molecule has 0 radical (unpaired) electrons. The molecule has 6 heteroatoms. The van der Waals surface area contributed by atoms with Gasteiger partial charge in [-0.2, -0.15) is 0 Å². The van der Waals surface area contributed by atoms with Gasteiger partial charge in [-0.25, -0.2) is 9.97 Å². The first-order valence-corrected chi connectivity index (χ1v) is 16.1. The van der Waals surface area contributed by atoms with E-state index in [4.69, 9.17) is 9.97 Å². The molecule has 0 aliphatic heterocycles. The quantitative estimate of drug-likeness (QED) is 0.182. The fourth-order valence-corrected chi connectivity index (χ4v) is 7.41. The molecule has 210 valence electrons. The van der Waals surface area contributed by atoms with E-state index < -0.39 is 0 Å². The zero-order chi connectivity index (χ0) is 29.3. The number of benzene rings is 6. The van der Waals surface area contributed by atoms with Crippen molar-refractivity contribution in [1.82, 2.24) is 9.97 Å². The molecule has 2 heterocycles. The molecule has 44 heavy (non-hydrogen) atoms. The fraction of sp³-hybridized carbons (Fsp3) is 0. The number of hydrogen-bond acceptors (Lipinski definition) is 6. The maximum Gasteiger partial charge on any atom is 0.195 e. The van der Waals surface area contributed by atoms with Crippen LogP contribution in [0.2, 0.25) is 0 Å². The summed E-state index contributed by atoms with van der Waals surface area (Å²) >= 11 is 3.40. The Labute approximate surface area is 263 Å². The molecule has 0 spiro atoms. The topological polar surface area (TPSA) is 32.3 Å². The predicted molar refractivity (Wildman–Crippen MR) is 188 cm³/mol. The molecule has 6 aromatic carbocycles. The van der Waals surface area contributed by atoms with Crippen LogP contribution >= 0.6 is 22.7 Å². The molecule has 0 fully saturated rings. The minimum absolute atomic E-state index is 0.941. The van der Waals surface area contributed by atoms with Crippen LogP contribution in [-0.2, 0) is 0 Å². The molecule has 8 aromatic rings. The number of aromatic nitrogens is 2. The standard InChI is InChI=1S/C38H26N4S2/c1-5-13-29(14-6-1)41(30-15-7-2-8-16-30)37-39-33-25-27(21-23-35(33)43-37)28-22-24-36-34(26-28)40-38(44-36)42(31-17-9-3-10-18-31)32-19-11-4-12-20-32/h1-26H. The van der Waals surface area contributed by atoms with Crippen LogP contribution in [0, 0.1) is 0 Å². The lowest BCUT2D eigenvalue weighted by atomic mass is 10.1. The van der Waals surface area contributed by atoms with Gasteiger partial charge in [0.05, 0.1) is 20.4 Å². The third-order valence-corrected chi connectivity index (χ3v) is 9.57. The van der Waals surface area contributed by atoms with Gasteiger partial charge in [-0.15, -0.1) is 0 Å². The number of fused-ring (bicyclic) bond motifs is 2. The SMILES string of the molecule is c1ccc(N(c2ccccc2)c2nc3cc(-c4ccc5sc(N(c6ccccc6)c6ccccc6)nc5c4)ccc3s2)cc1. The predicted octanol–water partition coefficient (Wildman–Crippen LogP) is 11.5. The lowest BCUT2D eigenvalue weighted by Crippen LogP contribution is -2.09. The monoisotopic (exact) mass is 602 g/mol. The molecule has 0 amide bonds. The minimum Gasteiger partial charge on any atom is -0.286 e. The van der Waals surface area contributed by atoms with E-state index >= 15 is 0 Å². The van der Waals surface area contributed by atoms with E-state index in [2.05, 4.69) is 143 Å². The summed E-state index contributed by atoms with van der Waals surface area (Å²) in [5, 5.41) is 1.88. The Bertz CT molecular complexity index is 1940. The molecular formula is C38H26N4S2. The molecule has 0 N–H and O–H groups in total. The van der Waals surface area contributed by atoms with Crippen LogP contribution in [0.25, 0.3) is 31.6 Å². The lowest BCUT2D eigenvalue weighted by Gasteiger charge is -2.21. The van der Waals surface area contributed by atoms with Crippen molar-refractivity contribution in [3.05, 3.63) is 158 Å². The van der Waals surface area contributed by atoms with E-state index in [1.165, 1.54) is 0 Å². The summed E-state index contributed by atoms with van der Waals surface area (Å²) in [7, 11) is 0. The Morgan fingerprint density at radius 1 is 0.364 bits per heavy atom. The number of nitrogens with zero attached hydrogens (tertiary/aromatic N) is 4. The van der Waals surface area contributed by atoms with E-state index in [9.17, 15) is 0 Å². The second-order valence-electron chi connectivity index (χ2n) is 10.4. The third kappa shape index (κ3) is 5.00. The summed E-state index contributed by atoms with van der Waals surface area (Å²) in [5.41, 5.74) is 8.56. The highest BCUT2D eigenvalue weighted by molar-refractivity contribution is 7.22. The van der Waals surface area contributed by atoms with Crippen molar-refractivity contribution in [3.63, 3.8) is 0 Å². The smallest absolute Gasteiger partial charge is 0.195 e. The van der Waals surface area contributed by atoms with E-state index in [1.54, 1.807) is 22.7 Å². The normalized spacial score (nSPS) is 11.2. The van der Waals surface area contributed by atoms with Gasteiger partial charge < -0.3 is 0 Å². The van der Waals surface area contributed by atoms with Gasteiger partial charge in [-0.05, 0) is 83.9 Å². The van der Waals surface area contributed by atoms with Gasteiger partial charge in [-0.3, -0.25) is 9.80 Å². The van der Waals surface area contributed by atoms with Gasteiger partial charge >= 0.3 is 0 Å². The second-order valence-corrected chi connectivity index (χ2v) is 12.4. The molecule has 0 aliphatic carbocycles. The summed E-state index contributed by atoms with van der Waals surface area (Å²) in [6.45, 7) is 0. The number of thiazole rings is 2. The summed E-state index contributed by atoms with van der Waals surface area (Å²) in [4.78, 5) is 14.7. The van der Waals surface area contributed by atoms with Crippen LogP contribution in [0.1, 0.15) is 0 Å². The molecule has 0 saturated carbocycles. The van der Waals surface area contributed by atoms with Gasteiger partial charge in [0.2, 0.25) is 0 Å². The third-order valence-electron chi connectivity index (χ3n) is 7.53. The summed E-state index contributed by atoms with van der Waals surface area (Å²) in [5.74, 6) is 0. The van der Waals surface area contributed by atoms with Gasteiger partial charge in [-0.1, -0.05) is 108 Å². The van der Waals surface area contributed by atoms with Crippen molar-refractivity contribution in [2.45, 2.75) is 0 Å². The highest BCUT2D eigenvalue weighted by atomic mass is 32.1. The molecule has 0 unspecified atom stereocenters. The van der Waals surface area contributed by atoms with E-state index in [0.29, 0.717) is 0 Å². The van der Waals surface area contributed by atoms with Crippen LogP contribution in [0.15, 0.2) is 158 Å². The maximum atomic E-state index is 5.13. The Morgan fingerprint density at radius 2 is 0.682 bits per heavy atom. The van der Waals surface area contributed by atoms with Crippen LogP contribution in [-0.4, -0.2) is 9.97 Å². The largest absolute Gasteiger partial charge is 0.286 e. The molecule has 8 rings (SSSR count). The average molecular weight is 603 g/mol. The Hall–Kier alpha value is -5.30. The van der Waals surface area contributed by atoms with E-state index in [1.807, 2.05) is 24.3 Å². The van der Waals surface area contributed by atoms with Crippen molar-refractivity contribution in [2.75, 3.05) is 9.80 Å². The van der Waals surface area contributed by atoms with Crippen molar-refractivity contribution >= 4 is 76.1 Å². The highest BCUT2D eigenvalue weighted by Crippen LogP contribution is 2.42. The first-order valence-electron chi connectivity index (χ1n) is 14.4. The van der Waals surface area contributed by atoms with Crippen LogP contribution in [0.5, 0.6) is 0 Å². The zero-order valence-corrected chi connectivity index (χ0v) is 25.2. The average Bonchev–Trinajstić information content (AvgIpc) is 3.70. The minimum atomic E-state index is 0.941. The van der Waals surface area contributed by atoms with Crippen LogP contribution < -0.4 is 9.80 Å². The fourth-order valence-electron chi connectivity index (χ4n) is 5.43. The Balaban J connectivity index is 1.17. The van der Waals surface area contributed by atoms with Crippen molar-refractivity contribution < 1.29 is 0 Å². The molecule has 0 aliphatic rings. The van der Waals surface area contributed by atoms with Crippen LogP contribution in [0.3, 0.4) is 0 Å². The molecule has 4 nitrogen and oxygen atoms in total. The zero-order valence-electron chi connectivity index (χ0n) is 23.6. The van der Waals surface area contributed by atoms with E-state index in [0.717, 1.165) is 64.6 Å². The molecule has 0 atom stereocenters. The van der Waals surface area contributed by atoms with Crippen molar-refractivity contribution in [3.8, 4) is 11.1 Å². The Morgan fingerprint density at radius 3 is 1.00 bits per heavy atom. The lowest BCUT2D eigenvalue weighted by molar-refractivity contribution is 1.25. The summed E-state index contributed by atoms with van der Waals surface area (Å²) in [6.07, 6.45) is 0. The molecule has 0 bridgehead atoms. The number of anilines is 6. The van der Waals surface area contributed by atoms with E-state index in [-0.39, 0.29) is 0 Å². The van der Waals surface area contributed by atoms with Gasteiger partial charge in [0.1, 0.15) is 0 Å². The number of rotatable bonds is 7. The van der Waals surface area contributed by atoms with Gasteiger partial charge in [0.25, 0.3) is 0 Å². The first-order chi connectivity index (χ1) is 21.8. The second kappa shape index (κ2) is 11.4. The maximum absolute atomic E-state index is 5.13. The first kappa shape index (κ1) is 26.3. The molecule has 0 saturated heterocycles. The van der Waals surface area contributed by atoms with Gasteiger partial charge in [0.15, 0.2) is 10.3 Å². The number of para-hydroxylation sites is 4. The van der Waals surface area contributed by atoms with Crippen molar-refractivity contribution in [1.29, 1.82) is 0 Å². The van der Waals surface area contributed by atoms with Crippen molar-refractivity contribution in [2.24, 2.45) is 0 Å². The highest BCUT2D eigenvalue weighted by Gasteiger charge is 2.19. The van der Waals surface area contributed by atoms with Gasteiger partial charge in [0, 0.05) is 22.7 Å².